The molecule has 0 spiro atoms. The summed E-state index contributed by atoms with van der Waals surface area (Å²) in [5.74, 6) is 0. The van der Waals surface area contributed by atoms with Crippen molar-refractivity contribution in [1.29, 1.82) is 0 Å². The fraction of sp³-hybridized carbons (Fsp3) is 0.167. The molecule has 0 aliphatic rings. The summed E-state index contributed by atoms with van der Waals surface area (Å²) in [7, 11) is 0. The van der Waals surface area contributed by atoms with E-state index in [1.54, 1.807) is 0 Å². The van der Waals surface area contributed by atoms with Gasteiger partial charge < -0.3 is 0 Å². The first-order chi connectivity index (χ1) is 6.70. The monoisotopic (exact) mass is 314 g/mol. The van der Waals surface area contributed by atoms with E-state index in [-0.39, 0.29) is 0 Å². The van der Waals surface area contributed by atoms with Gasteiger partial charge in [0.25, 0.3) is 0 Å². The number of benzene rings is 1. The number of rotatable bonds is 2. The molecule has 0 aliphatic heterocycles. The van der Waals surface area contributed by atoms with Crippen LogP contribution in [0, 0.1) is 0 Å². The van der Waals surface area contributed by atoms with E-state index in [9.17, 15) is 0 Å². The maximum absolute atomic E-state index is 3.55. The largest absolute Gasteiger partial charge is 0.0786 e. The molecular formula is C12H12Br2. The molecule has 0 aliphatic carbocycles. The van der Waals surface area contributed by atoms with E-state index in [1.807, 2.05) is 26.0 Å². The predicted molar refractivity (Wildman–Crippen MR) is 70.5 cm³/mol. The van der Waals surface area contributed by atoms with Gasteiger partial charge in [-0.1, -0.05) is 62.2 Å². The van der Waals surface area contributed by atoms with Crippen molar-refractivity contribution in [1.82, 2.24) is 0 Å². The molecule has 0 saturated carbocycles. The molecule has 0 amide bonds. The molecular weight excluding hydrogens is 304 g/mol. The van der Waals surface area contributed by atoms with Crippen molar-refractivity contribution in [2.75, 3.05) is 0 Å². The normalized spacial score (nSPS) is 13.1. The van der Waals surface area contributed by atoms with Crippen LogP contribution in [0.3, 0.4) is 0 Å². The number of halogens is 2. The Labute approximate surface area is 102 Å². The van der Waals surface area contributed by atoms with Crippen LogP contribution in [0.1, 0.15) is 19.4 Å². The maximum atomic E-state index is 3.55. The topological polar surface area (TPSA) is 0 Å². The van der Waals surface area contributed by atoms with Crippen LogP contribution in [-0.2, 0) is 0 Å². The summed E-state index contributed by atoms with van der Waals surface area (Å²) in [6.07, 6.45) is 4.15. The Morgan fingerprint density at radius 2 is 1.79 bits per heavy atom. The molecule has 14 heavy (non-hydrogen) atoms. The average molecular weight is 316 g/mol. The molecule has 0 heterocycles. The van der Waals surface area contributed by atoms with Gasteiger partial charge in [0.1, 0.15) is 0 Å². The zero-order valence-corrected chi connectivity index (χ0v) is 11.4. The van der Waals surface area contributed by atoms with Crippen molar-refractivity contribution in [2.45, 2.75) is 13.8 Å². The van der Waals surface area contributed by atoms with E-state index in [0.717, 1.165) is 8.96 Å². The van der Waals surface area contributed by atoms with Crippen LogP contribution in [0.25, 0.3) is 5.57 Å². The number of hydrogen-bond donors (Lipinski definition) is 0. The van der Waals surface area contributed by atoms with Crippen molar-refractivity contribution in [3.63, 3.8) is 0 Å². The van der Waals surface area contributed by atoms with E-state index < -0.39 is 0 Å². The van der Waals surface area contributed by atoms with Crippen molar-refractivity contribution in [3.05, 3.63) is 50.9 Å². The van der Waals surface area contributed by atoms with Crippen LogP contribution < -0.4 is 0 Å². The van der Waals surface area contributed by atoms with Gasteiger partial charge in [-0.3, -0.25) is 0 Å². The Hall–Kier alpha value is -0.340. The lowest BCUT2D eigenvalue weighted by Gasteiger charge is -2.08. The van der Waals surface area contributed by atoms with Gasteiger partial charge in [-0.15, -0.1) is 0 Å². The Kier molecular flexibility index (Phi) is 4.63. The first kappa shape index (κ1) is 11.7. The minimum Gasteiger partial charge on any atom is -0.0786 e. The third kappa shape index (κ3) is 2.58. The maximum Gasteiger partial charge on any atom is 0.0254 e. The molecule has 0 nitrogen and oxygen atoms in total. The Bertz CT molecular complexity index is 376. The highest BCUT2D eigenvalue weighted by Crippen LogP contribution is 2.32. The van der Waals surface area contributed by atoms with Crippen molar-refractivity contribution in [3.8, 4) is 0 Å². The third-order valence-electron chi connectivity index (χ3n) is 1.96. The zero-order chi connectivity index (χ0) is 10.6. The lowest BCUT2D eigenvalue weighted by molar-refractivity contribution is 1.54. The summed E-state index contributed by atoms with van der Waals surface area (Å²) in [5, 5.41) is 0. The van der Waals surface area contributed by atoms with Gasteiger partial charge in [0.05, 0.1) is 0 Å². The summed E-state index contributed by atoms with van der Waals surface area (Å²) in [6.45, 7) is 4.06. The van der Waals surface area contributed by atoms with E-state index in [4.69, 9.17) is 0 Å². The van der Waals surface area contributed by atoms with Crippen LogP contribution in [0.15, 0.2) is 45.4 Å². The first-order valence-corrected chi connectivity index (χ1v) is 6.02. The van der Waals surface area contributed by atoms with Crippen LogP contribution in [0.4, 0.5) is 0 Å². The SMILES string of the molecule is C/C=C(\C(Br)=C/C)c1ccccc1Br. The molecule has 0 unspecified atom stereocenters. The van der Waals surface area contributed by atoms with Gasteiger partial charge in [-0.25, -0.2) is 0 Å². The molecule has 0 saturated heterocycles. The third-order valence-corrected chi connectivity index (χ3v) is 3.54. The molecule has 1 aromatic rings. The smallest absolute Gasteiger partial charge is 0.0254 e. The Morgan fingerprint density at radius 3 is 2.29 bits per heavy atom. The highest BCUT2D eigenvalue weighted by atomic mass is 79.9. The molecule has 0 fully saturated rings. The summed E-state index contributed by atoms with van der Waals surface area (Å²) in [6, 6.07) is 8.21. The standard InChI is InChI=1S/C12H12Br2/c1-3-9(11(13)4-2)10-7-5-6-8-12(10)14/h3-8H,1-2H3/b9-3-,11-4+. The molecule has 0 aromatic heterocycles. The minimum atomic E-state index is 1.12. The van der Waals surface area contributed by atoms with Crippen LogP contribution >= 0.6 is 31.9 Å². The predicted octanol–water partition coefficient (Wildman–Crippen LogP) is 5.15. The van der Waals surface area contributed by atoms with Gasteiger partial charge in [0, 0.05) is 8.96 Å². The second kappa shape index (κ2) is 5.52. The fourth-order valence-corrected chi connectivity index (χ4v) is 2.20. The van der Waals surface area contributed by atoms with Gasteiger partial charge >= 0.3 is 0 Å². The number of allylic oxidation sites excluding steroid dienone is 4. The van der Waals surface area contributed by atoms with Gasteiger partial charge in [-0.05, 0) is 31.1 Å². The first-order valence-electron chi connectivity index (χ1n) is 4.44. The van der Waals surface area contributed by atoms with Crippen molar-refractivity contribution >= 4 is 37.4 Å². The molecule has 1 aromatic carbocycles. The summed E-state index contributed by atoms with van der Waals surface area (Å²) in [5.41, 5.74) is 2.42. The van der Waals surface area contributed by atoms with Crippen LogP contribution in [-0.4, -0.2) is 0 Å². The molecule has 2 heteroatoms. The van der Waals surface area contributed by atoms with Crippen LogP contribution in [0.5, 0.6) is 0 Å². The van der Waals surface area contributed by atoms with E-state index in [2.05, 4.69) is 56.1 Å². The Balaban J connectivity index is 3.22. The van der Waals surface area contributed by atoms with E-state index >= 15 is 0 Å². The summed E-state index contributed by atoms with van der Waals surface area (Å²) >= 11 is 7.09. The fourth-order valence-electron chi connectivity index (χ4n) is 1.26. The highest BCUT2D eigenvalue weighted by Gasteiger charge is 2.06. The lowest BCUT2D eigenvalue weighted by atomic mass is 10.1. The molecule has 0 N–H and O–H groups in total. The van der Waals surface area contributed by atoms with E-state index in [1.165, 1.54) is 11.1 Å². The van der Waals surface area contributed by atoms with Crippen molar-refractivity contribution in [2.24, 2.45) is 0 Å². The molecule has 0 atom stereocenters. The minimum absolute atomic E-state index is 1.12. The molecule has 0 radical (unpaired) electrons. The Morgan fingerprint density at radius 1 is 1.14 bits per heavy atom. The summed E-state index contributed by atoms with van der Waals surface area (Å²) in [4.78, 5) is 0. The average Bonchev–Trinajstić information content (AvgIpc) is 2.21. The zero-order valence-electron chi connectivity index (χ0n) is 8.22. The van der Waals surface area contributed by atoms with Gasteiger partial charge in [-0.2, -0.15) is 0 Å². The van der Waals surface area contributed by atoms with Gasteiger partial charge in [0.2, 0.25) is 0 Å². The quantitative estimate of drug-likeness (QED) is 0.662. The summed E-state index contributed by atoms with van der Waals surface area (Å²) < 4.78 is 2.24. The van der Waals surface area contributed by atoms with E-state index in [0.29, 0.717) is 0 Å². The molecule has 74 valence electrons. The lowest BCUT2D eigenvalue weighted by Crippen LogP contribution is -1.85. The second-order valence-corrected chi connectivity index (χ2v) is 4.53. The van der Waals surface area contributed by atoms with Crippen LogP contribution in [0.2, 0.25) is 0 Å². The van der Waals surface area contributed by atoms with Crippen molar-refractivity contribution < 1.29 is 0 Å². The molecule has 1 rings (SSSR count). The number of hydrogen-bond acceptors (Lipinski definition) is 0. The second-order valence-electron chi connectivity index (χ2n) is 2.82. The van der Waals surface area contributed by atoms with Gasteiger partial charge in [0.15, 0.2) is 0 Å². The highest BCUT2D eigenvalue weighted by molar-refractivity contribution is 9.12. The molecule has 0 bridgehead atoms.